The minimum absolute atomic E-state index is 0.212. The Morgan fingerprint density at radius 2 is 2.47 bits per heavy atom. The van der Waals surface area contributed by atoms with E-state index in [1.54, 1.807) is 19.2 Å². The SMILES string of the molecule is CCOC(=O)c1cnc2ccnn2c1Cl. The fraction of sp³-hybridized carbons (Fsp3) is 0.222. The van der Waals surface area contributed by atoms with Gasteiger partial charge in [0.1, 0.15) is 10.7 Å². The Kier molecular flexibility index (Phi) is 2.55. The first-order valence-corrected chi connectivity index (χ1v) is 4.77. The first kappa shape index (κ1) is 9.92. The van der Waals surface area contributed by atoms with Crippen LogP contribution in [0.5, 0.6) is 0 Å². The standard InChI is InChI=1S/C9H8ClN3O2/c1-2-15-9(14)6-5-11-7-3-4-12-13(7)8(6)10/h3-5H,2H2,1H3. The first-order valence-electron chi connectivity index (χ1n) is 4.39. The highest BCUT2D eigenvalue weighted by Gasteiger charge is 2.15. The van der Waals surface area contributed by atoms with Gasteiger partial charge in [-0.2, -0.15) is 5.10 Å². The van der Waals surface area contributed by atoms with Gasteiger partial charge in [-0.15, -0.1) is 0 Å². The van der Waals surface area contributed by atoms with Gasteiger partial charge in [-0.1, -0.05) is 11.6 Å². The van der Waals surface area contributed by atoms with Crippen molar-refractivity contribution in [1.82, 2.24) is 14.6 Å². The van der Waals surface area contributed by atoms with Crippen LogP contribution >= 0.6 is 11.6 Å². The number of carbonyl (C=O) groups is 1. The Balaban J connectivity index is 2.52. The van der Waals surface area contributed by atoms with E-state index in [-0.39, 0.29) is 10.7 Å². The smallest absolute Gasteiger partial charge is 0.342 e. The summed E-state index contributed by atoms with van der Waals surface area (Å²) in [4.78, 5) is 15.5. The number of fused-ring (bicyclic) bond motifs is 1. The first-order chi connectivity index (χ1) is 7.24. The lowest BCUT2D eigenvalue weighted by Crippen LogP contribution is -2.08. The number of aromatic nitrogens is 3. The van der Waals surface area contributed by atoms with Crippen molar-refractivity contribution in [3.8, 4) is 0 Å². The van der Waals surface area contributed by atoms with Crippen molar-refractivity contribution in [3.05, 3.63) is 29.2 Å². The second kappa shape index (κ2) is 3.86. The molecule has 0 fully saturated rings. The molecule has 0 saturated carbocycles. The lowest BCUT2D eigenvalue weighted by atomic mass is 10.3. The molecule has 0 saturated heterocycles. The average Bonchev–Trinajstić information content (AvgIpc) is 2.67. The zero-order chi connectivity index (χ0) is 10.8. The van der Waals surface area contributed by atoms with Gasteiger partial charge in [-0.25, -0.2) is 14.3 Å². The number of esters is 1. The van der Waals surface area contributed by atoms with Crippen molar-refractivity contribution in [2.75, 3.05) is 6.61 Å². The molecule has 0 amide bonds. The molecule has 0 aliphatic heterocycles. The molecule has 6 heteroatoms. The predicted molar refractivity (Wildman–Crippen MR) is 54.0 cm³/mol. The summed E-state index contributed by atoms with van der Waals surface area (Å²) in [5.41, 5.74) is 0.808. The number of hydrogen-bond acceptors (Lipinski definition) is 4. The van der Waals surface area contributed by atoms with Gasteiger partial charge in [-0.3, -0.25) is 0 Å². The fourth-order valence-corrected chi connectivity index (χ4v) is 1.45. The van der Waals surface area contributed by atoms with Crippen LogP contribution in [0.1, 0.15) is 17.3 Å². The number of hydrogen-bond donors (Lipinski definition) is 0. The molecule has 0 bridgehead atoms. The summed E-state index contributed by atoms with van der Waals surface area (Å²) in [5, 5.41) is 4.15. The summed E-state index contributed by atoms with van der Waals surface area (Å²) in [6, 6.07) is 1.70. The second-order valence-corrected chi connectivity index (χ2v) is 3.14. The van der Waals surface area contributed by atoms with Gasteiger partial charge in [-0.05, 0) is 6.92 Å². The molecule has 0 aromatic carbocycles. The van der Waals surface area contributed by atoms with Gasteiger partial charge in [0.05, 0.1) is 12.8 Å². The van der Waals surface area contributed by atoms with E-state index >= 15 is 0 Å². The third-order valence-corrected chi connectivity index (χ3v) is 2.22. The molecule has 2 aromatic heterocycles. The minimum atomic E-state index is -0.493. The molecule has 2 aromatic rings. The maximum atomic E-state index is 11.4. The number of carbonyl (C=O) groups excluding carboxylic acids is 1. The summed E-state index contributed by atoms with van der Waals surface area (Å²) in [6.07, 6.45) is 2.94. The van der Waals surface area contributed by atoms with E-state index in [9.17, 15) is 4.79 Å². The topological polar surface area (TPSA) is 56.5 Å². The molecule has 0 atom stereocenters. The zero-order valence-electron chi connectivity index (χ0n) is 7.98. The molecule has 0 radical (unpaired) electrons. The van der Waals surface area contributed by atoms with Gasteiger partial charge in [0.15, 0.2) is 5.65 Å². The lowest BCUT2D eigenvalue weighted by molar-refractivity contribution is 0.0525. The summed E-state index contributed by atoms with van der Waals surface area (Å²) in [7, 11) is 0. The summed E-state index contributed by atoms with van der Waals surface area (Å²) in [5.74, 6) is -0.493. The van der Waals surface area contributed by atoms with Gasteiger partial charge in [0.25, 0.3) is 0 Å². The van der Waals surface area contributed by atoms with E-state index in [2.05, 4.69) is 10.1 Å². The molecule has 0 aliphatic rings. The third kappa shape index (κ3) is 1.66. The number of halogens is 1. The number of rotatable bonds is 2. The van der Waals surface area contributed by atoms with Crippen molar-refractivity contribution in [2.45, 2.75) is 6.92 Å². The molecule has 0 spiro atoms. The maximum absolute atomic E-state index is 11.4. The van der Waals surface area contributed by atoms with Crippen LogP contribution < -0.4 is 0 Å². The Bertz CT molecular complexity index is 509. The van der Waals surface area contributed by atoms with Crippen LogP contribution in [0.4, 0.5) is 0 Å². The monoisotopic (exact) mass is 225 g/mol. The molecule has 5 nitrogen and oxygen atoms in total. The van der Waals surface area contributed by atoms with Gasteiger partial charge >= 0.3 is 5.97 Å². The molecule has 0 aliphatic carbocycles. The molecule has 78 valence electrons. The van der Waals surface area contributed by atoms with Crippen molar-refractivity contribution < 1.29 is 9.53 Å². The van der Waals surface area contributed by atoms with E-state index in [0.717, 1.165) is 0 Å². The van der Waals surface area contributed by atoms with Crippen LogP contribution in [0.25, 0.3) is 5.65 Å². The van der Waals surface area contributed by atoms with Crippen LogP contribution in [0.15, 0.2) is 18.5 Å². The van der Waals surface area contributed by atoms with E-state index in [1.165, 1.54) is 10.7 Å². The van der Waals surface area contributed by atoms with Crippen LogP contribution in [-0.2, 0) is 4.74 Å². The minimum Gasteiger partial charge on any atom is -0.462 e. The largest absolute Gasteiger partial charge is 0.462 e. The van der Waals surface area contributed by atoms with Gasteiger partial charge < -0.3 is 4.74 Å². The summed E-state index contributed by atoms with van der Waals surface area (Å²) < 4.78 is 6.21. The van der Waals surface area contributed by atoms with Crippen LogP contribution in [-0.4, -0.2) is 27.2 Å². The molecule has 0 N–H and O–H groups in total. The molecule has 0 unspecified atom stereocenters. The van der Waals surface area contributed by atoms with Crippen LogP contribution in [0.2, 0.25) is 5.15 Å². The summed E-state index contributed by atoms with van der Waals surface area (Å²) >= 11 is 5.97. The second-order valence-electron chi connectivity index (χ2n) is 2.78. The van der Waals surface area contributed by atoms with Gasteiger partial charge in [0.2, 0.25) is 0 Å². The fourth-order valence-electron chi connectivity index (χ4n) is 1.19. The lowest BCUT2D eigenvalue weighted by Gasteiger charge is -2.04. The highest BCUT2D eigenvalue weighted by atomic mass is 35.5. The highest BCUT2D eigenvalue weighted by Crippen LogP contribution is 2.16. The zero-order valence-corrected chi connectivity index (χ0v) is 8.73. The van der Waals surface area contributed by atoms with Crippen molar-refractivity contribution in [3.63, 3.8) is 0 Å². The Morgan fingerprint density at radius 1 is 1.67 bits per heavy atom. The third-order valence-electron chi connectivity index (χ3n) is 1.85. The van der Waals surface area contributed by atoms with E-state index in [4.69, 9.17) is 16.3 Å². The van der Waals surface area contributed by atoms with Crippen LogP contribution in [0, 0.1) is 0 Å². The maximum Gasteiger partial charge on any atom is 0.342 e. The summed E-state index contributed by atoms with van der Waals surface area (Å²) in [6.45, 7) is 2.03. The quantitative estimate of drug-likeness (QED) is 0.575. The molecular weight excluding hydrogens is 218 g/mol. The Labute approximate surface area is 90.6 Å². The normalized spacial score (nSPS) is 10.5. The van der Waals surface area contributed by atoms with E-state index in [1.807, 2.05) is 0 Å². The van der Waals surface area contributed by atoms with Crippen LogP contribution in [0.3, 0.4) is 0 Å². The predicted octanol–water partition coefficient (Wildman–Crippen LogP) is 1.56. The number of nitrogens with zero attached hydrogens (tertiary/aromatic N) is 3. The van der Waals surface area contributed by atoms with Crippen molar-refractivity contribution in [2.24, 2.45) is 0 Å². The molecule has 2 heterocycles. The molecule has 2 rings (SSSR count). The number of ether oxygens (including phenoxy) is 1. The van der Waals surface area contributed by atoms with E-state index < -0.39 is 5.97 Å². The Hall–Kier alpha value is -1.62. The highest BCUT2D eigenvalue weighted by molar-refractivity contribution is 6.32. The van der Waals surface area contributed by atoms with Gasteiger partial charge in [0, 0.05) is 12.3 Å². The average molecular weight is 226 g/mol. The van der Waals surface area contributed by atoms with E-state index in [0.29, 0.717) is 12.3 Å². The van der Waals surface area contributed by atoms with Crippen molar-refractivity contribution >= 4 is 23.2 Å². The molecular formula is C9H8ClN3O2. The molecule has 15 heavy (non-hydrogen) atoms. The van der Waals surface area contributed by atoms with Crippen molar-refractivity contribution in [1.29, 1.82) is 0 Å². The Morgan fingerprint density at radius 3 is 3.20 bits per heavy atom.